The molecule has 0 aliphatic rings. The first-order valence-electron chi connectivity index (χ1n) is 5.15. The van der Waals surface area contributed by atoms with Gasteiger partial charge in [-0.3, -0.25) is 0 Å². The van der Waals surface area contributed by atoms with Crippen molar-refractivity contribution in [2.45, 2.75) is 33.0 Å². The second-order valence-electron chi connectivity index (χ2n) is 5.08. The van der Waals surface area contributed by atoms with E-state index >= 15 is 0 Å². The average molecular weight is 266 g/mol. The van der Waals surface area contributed by atoms with Gasteiger partial charge in [0, 0.05) is 11.1 Å². The van der Waals surface area contributed by atoms with Crippen LogP contribution in [0.3, 0.4) is 0 Å². The van der Waals surface area contributed by atoms with E-state index in [1.165, 1.54) is 6.07 Å². The van der Waals surface area contributed by atoms with Gasteiger partial charge in [0.25, 0.3) is 0 Å². The first-order chi connectivity index (χ1) is 7.53. The van der Waals surface area contributed by atoms with E-state index in [0.717, 1.165) is 12.1 Å². The molecule has 1 nitrogen and oxygen atoms in total. The zero-order valence-corrected chi connectivity index (χ0v) is 10.7. The minimum Gasteiger partial charge on any atom is -0.323 e. The zero-order valence-electron chi connectivity index (χ0n) is 9.90. The van der Waals surface area contributed by atoms with Crippen LogP contribution in [0.5, 0.6) is 0 Å². The molecule has 0 bridgehead atoms. The quantitative estimate of drug-likeness (QED) is 0.800. The summed E-state index contributed by atoms with van der Waals surface area (Å²) in [5, 5.41) is 0.264. The van der Waals surface area contributed by atoms with Crippen molar-refractivity contribution in [2.24, 2.45) is 11.1 Å². The summed E-state index contributed by atoms with van der Waals surface area (Å²) >= 11 is 5.90. The third-order valence-electron chi connectivity index (χ3n) is 2.59. The molecule has 0 saturated carbocycles. The SMILES string of the molecule is CC(C)(C)[C@@H](N)c1cc(C(F)(F)F)ccc1Cl. The molecule has 0 aromatic heterocycles. The van der Waals surface area contributed by atoms with Crippen molar-refractivity contribution in [3.8, 4) is 0 Å². The van der Waals surface area contributed by atoms with E-state index in [2.05, 4.69) is 0 Å². The Morgan fingerprint density at radius 2 is 1.71 bits per heavy atom. The van der Waals surface area contributed by atoms with Crippen LogP contribution in [0.25, 0.3) is 0 Å². The molecule has 1 atom stereocenters. The van der Waals surface area contributed by atoms with E-state index in [4.69, 9.17) is 17.3 Å². The minimum atomic E-state index is -4.38. The molecule has 5 heteroatoms. The molecular formula is C12H15ClF3N. The molecule has 0 fully saturated rings. The maximum atomic E-state index is 12.6. The number of hydrogen-bond donors (Lipinski definition) is 1. The molecule has 2 N–H and O–H groups in total. The second kappa shape index (κ2) is 4.50. The van der Waals surface area contributed by atoms with Gasteiger partial charge in [0.15, 0.2) is 0 Å². The molecular weight excluding hydrogens is 251 g/mol. The van der Waals surface area contributed by atoms with Crippen molar-refractivity contribution in [1.82, 2.24) is 0 Å². The third kappa shape index (κ3) is 3.36. The number of hydrogen-bond acceptors (Lipinski definition) is 1. The predicted octanol–water partition coefficient (Wildman–Crippen LogP) is 4.40. The number of rotatable bonds is 1. The topological polar surface area (TPSA) is 26.0 Å². The van der Waals surface area contributed by atoms with E-state index in [1.807, 2.05) is 20.8 Å². The van der Waals surface area contributed by atoms with Crippen LogP contribution >= 0.6 is 11.6 Å². The molecule has 1 rings (SSSR count). The van der Waals surface area contributed by atoms with Crippen molar-refractivity contribution in [3.05, 3.63) is 34.3 Å². The fraction of sp³-hybridized carbons (Fsp3) is 0.500. The summed E-state index contributed by atoms with van der Waals surface area (Å²) in [6, 6.07) is 2.68. The lowest BCUT2D eigenvalue weighted by Gasteiger charge is -2.28. The molecule has 0 saturated heterocycles. The largest absolute Gasteiger partial charge is 0.416 e. The summed E-state index contributed by atoms with van der Waals surface area (Å²) in [7, 11) is 0. The highest BCUT2D eigenvalue weighted by Crippen LogP contribution is 2.38. The summed E-state index contributed by atoms with van der Waals surface area (Å²) in [6.45, 7) is 5.57. The molecule has 1 aromatic rings. The normalized spacial score (nSPS) is 14.8. The van der Waals surface area contributed by atoms with Crippen LogP contribution in [-0.2, 0) is 6.18 Å². The lowest BCUT2D eigenvalue weighted by atomic mass is 9.82. The van der Waals surface area contributed by atoms with Gasteiger partial charge in [0.2, 0.25) is 0 Å². The highest BCUT2D eigenvalue weighted by molar-refractivity contribution is 6.31. The van der Waals surface area contributed by atoms with Crippen molar-refractivity contribution >= 4 is 11.6 Å². The van der Waals surface area contributed by atoms with E-state index < -0.39 is 17.8 Å². The van der Waals surface area contributed by atoms with Crippen LogP contribution in [0.15, 0.2) is 18.2 Å². The van der Waals surface area contributed by atoms with Crippen LogP contribution < -0.4 is 5.73 Å². The smallest absolute Gasteiger partial charge is 0.323 e. The number of alkyl halides is 3. The summed E-state index contributed by atoms with van der Waals surface area (Å²) in [5.41, 5.74) is 5.18. The molecule has 0 spiro atoms. The predicted molar refractivity (Wildman–Crippen MR) is 62.8 cm³/mol. The first-order valence-corrected chi connectivity index (χ1v) is 5.53. The third-order valence-corrected chi connectivity index (χ3v) is 2.94. The van der Waals surface area contributed by atoms with Gasteiger partial charge in [-0.1, -0.05) is 32.4 Å². The van der Waals surface area contributed by atoms with Crippen molar-refractivity contribution in [3.63, 3.8) is 0 Å². The molecule has 96 valence electrons. The van der Waals surface area contributed by atoms with Gasteiger partial charge in [-0.15, -0.1) is 0 Å². The average Bonchev–Trinajstić information content (AvgIpc) is 2.14. The van der Waals surface area contributed by atoms with Crippen LogP contribution in [0.1, 0.15) is 37.9 Å². The lowest BCUT2D eigenvalue weighted by molar-refractivity contribution is -0.137. The fourth-order valence-corrected chi connectivity index (χ4v) is 1.66. The van der Waals surface area contributed by atoms with Gasteiger partial charge >= 0.3 is 6.18 Å². The molecule has 0 unspecified atom stereocenters. The van der Waals surface area contributed by atoms with Crippen LogP contribution in [0.4, 0.5) is 13.2 Å². The van der Waals surface area contributed by atoms with Crippen LogP contribution in [-0.4, -0.2) is 0 Å². The number of halogens is 4. The van der Waals surface area contributed by atoms with E-state index in [-0.39, 0.29) is 10.4 Å². The fourth-order valence-electron chi connectivity index (χ4n) is 1.42. The first kappa shape index (κ1) is 14.3. The van der Waals surface area contributed by atoms with E-state index in [1.54, 1.807) is 0 Å². The Morgan fingerprint density at radius 3 is 2.12 bits per heavy atom. The monoisotopic (exact) mass is 265 g/mol. The molecule has 0 amide bonds. The van der Waals surface area contributed by atoms with Crippen molar-refractivity contribution in [1.29, 1.82) is 0 Å². The number of nitrogens with two attached hydrogens (primary N) is 1. The lowest BCUT2D eigenvalue weighted by Crippen LogP contribution is -2.27. The van der Waals surface area contributed by atoms with E-state index in [0.29, 0.717) is 5.56 Å². The summed E-state index contributed by atoms with van der Waals surface area (Å²) in [4.78, 5) is 0. The molecule has 0 heterocycles. The molecule has 17 heavy (non-hydrogen) atoms. The minimum absolute atomic E-state index is 0.264. The Morgan fingerprint density at radius 1 is 1.18 bits per heavy atom. The van der Waals surface area contributed by atoms with Crippen LogP contribution in [0.2, 0.25) is 5.02 Å². The maximum Gasteiger partial charge on any atom is 0.416 e. The molecule has 0 aliphatic heterocycles. The Hall–Kier alpha value is -0.740. The van der Waals surface area contributed by atoms with Gasteiger partial charge in [0.1, 0.15) is 0 Å². The highest BCUT2D eigenvalue weighted by atomic mass is 35.5. The standard InChI is InChI=1S/C12H15ClF3N/c1-11(2,3)10(17)8-6-7(12(14,15)16)4-5-9(8)13/h4-6,10H,17H2,1-3H3/t10-/m0/s1. The summed E-state index contributed by atoms with van der Waals surface area (Å²) < 4.78 is 37.7. The maximum absolute atomic E-state index is 12.6. The Kier molecular flexibility index (Phi) is 3.79. The van der Waals surface area contributed by atoms with Crippen molar-refractivity contribution < 1.29 is 13.2 Å². The van der Waals surface area contributed by atoms with Gasteiger partial charge < -0.3 is 5.73 Å². The highest BCUT2D eigenvalue weighted by Gasteiger charge is 2.33. The summed E-state index contributed by atoms with van der Waals surface area (Å²) in [5.74, 6) is 0. The second-order valence-corrected chi connectivity index (χ2v) is 5.48. The Balaban J connectivity index is 3.25. The van der Waals surface area contributed by atoms with Gasteiger partial charge in [-0.2, -0.15) is 13.2 Å². The number of benzene rings is 1. The zero-order chi connectivity index (χ0) is 13.4. The van der Waals surface area contributed by atoms with Gasteiger partial charge in [-0.25, -0.2) is 0 Å². The van der Waals surface area contributed by atoms with Gasteiger partial charge in [0.05, 0.1) is 5.56 Å². The Bertz CT molecular complexity index is 407. The molecule has 1 aromatic carbocycles. The van der Waals surface area contributed by atoms with E-state index in [9.17, 15) is 13.2 Å². The Labute approximate surface area is 104 Å². The summed E-state index contributed by atoms with van der Waals surface area (Å²) in [6.07, 6.45) is -4.38. The van der Waals surface area contributed by atoms with Crippen LogP contribution in [0, 0.1) is 5.41 Å². The molecule has 0 radical (unpaired) electrons. The molecule has 0 aliphatic carbocycles. The van der Waals surface area contributed by atoms with Crippen molar-refractivity contribution in [2.75, 3.05) is 0 Å². The van der Waals surface area contributed by atoms with Gasteiger partial charge in [-0.05, 0) is 29.2 Å².